The average molecular weight is 329 g/mol. The smallest absolute Gasteiger partial charge is 0.313 e. The van der Waals surface area contributed by atoms with Crippen molar-refractivity contribution in [3.05, 3.63) is 55.6 Å². The van der Waals surface area contributed by atoms with Crippen LogP contribution in [-0.2, 0) is 0 Å². The molecule has 122 valence electrons. The number of hydrogen-bond donors (Lipinski definition) is 1. The number of nitro benzene ring substituents is 2. The minimum Gasteiger partial charge on any atom is -0.410 e. The molecule has 0 aliphatic carbocycles. The molecule has 0 unspecified atom stereocenters. The van der Waals surface area contributed by atoms with Crippen LogP contribution in [0.4, 0.5) is 11.4 Å². The highest BCUT2D eigenvalue weighted by molar-refractivity contribution is 5.98. The molecule has 0 aliphatic rings. The third kappa shape index (κ3) is 2.29. The van der Waals surface area contributed by atoms with E-state index in [1.54, 1.807) is 26.0 Å². The molecular weight excluding hydrogens is 318 g/mol. The number of aryl methyl sites for hydroxylation is 2. The van der Waals surface area contributed by atoms with Gasteiger partial charge in [0.25, 0.3) is 5.69 Å². The van der Waals surface area contributed by atoms with Crippen LogP contribution in [0.1, 0.15) is 11.1 Å². The van der Waals surface area contributed by atoms with Crippen LogP contribution in [0.5, 0.6) is 0 Å². The summed E-state index contributed by atoms with van der Waals surface area (Å²) in [6.45, 7) is 3.58. The number of benzene rings is 2. The van der Waals surface area contributed by atoms with Crippen molar-refractivity contribution in [3.63, 3.8) is 0 Å². The Balaban J connectivity index is 2.52. The lowest BCUT2D eigenvalue weighted by atomic mass is 9.97. The van der Waals surface area contributed by atoms with E-state index >= 15 is 0 Å². The van der Waals surface area contributed by atoms with Gasteiger partial charge in [0.1, 0.15) is 11.1 Å². The summed E-state index contributed by atoms with van der Waals surface area (Å²) >= 11 is 0. The van der Waals surface area contributed by atoms with Crippen LogP contribution >= 0.6 is 0 Å². The zero-order valence-corrected chi connectivity index (χ0v) is 12.6. The summed E-state index contributed by atoms with van der Waals surface area (Å²) in [5, 5.41) is 39.5. The molecule has 2 aromatic carbocycles. The second-order valence-corrected chi connectivity index (χ2v) is 5.36. The SMILES string of the molecule is Cc1cc(C)cc(-c2c([N+](=O)[O-])cc3c(nnn3O)c2[N+](=O)[O-])c1. The minimum atomic E-state index is -0.753. The van der Waals surface area contributed by atoms with Gasteiger partial charge in [0, 0.05) is 6.07 Å². The van der Waals surface area contributed by atoms with Gasteiger partial charge in [-0.15, -0.1) is 5.10 Å². The van der Waals surface area contributed by atoms with E-state index in [1.807, 2.05) is 6.07 Å². The largest absolute Gasteiger partial charge is 0.410 e. The lowest BCUT2D eigenvalue weighted by Crippen LogP contribution is -2.01. The highest BCUT2D eigenvalue weighted by atomic mass is 16.6. The Labute approximate surface area is 134 Å². The second kappa shape index (κ2) is 5.26. The summed E-state index contributed by atoms with van der Waals surface area (Å²) in [7, 11) is 0. The van der Waals surface area contributed by atoms with E-state index in [0.717, 1.165) is 17.2 Å². The monoisotopic (exact) mass is 329 g/mol. The average Bonchev–Trinajstić information content (AvgIpc) is 2.85. The van der Waals surface area contributed by atoms with Gasteiger partial charge in [0.2, 0.25) is 0 Å². The van der Waals surface area contributed by atoms with E-state index in [0.29, 0.717) is 5.56 Å². The quantitative estimate of drug-likeness (QED) is 0.443. The van der Waals surface area contributed by atoms with Gasteiger partial charge < -0.3 is 5.21 Å². The molecule has 3 rings (SSSR count). The Morgan fingerprint density at radius 3 is 2.21 bits per heavy atom. The van der Waals surface area contributed by atoms with Gasteiger partial charge >= 0.3 is 5.69 Å². The van der Waals surface area contributed by atoms with Crippen molar-refractivity contribution in [3.8, 4) is 11.1 Å². The van der Waals surface area contributed by atoms with Gasteiger partial charge in [-0.05, 0) is 24.6 Å². The third-order valence-corrected chi connectivity index (χ3v) is 3.57. The molecule has 1 N–H and O–H groups in total. The fraction of sp³-hybridized carbons (Fsp3) is 0.143. The van der Waals surface area contributed by atoms with E-state index in [1.165, 1.54) is 0 Å². The number of hydrogen-bond acceptors (Lipinski definition) is 7. The zero-order chi connectivity index (χ0) is 17.6. The Hall–Kier alpha value is -3.56. The van der Waals surface area contributed by atoms with Crippen molar-refractivity contribution in [1.29, 1.82) is 0 Å². The number of aromatic nitrogens is 3. The first-order chi connectivity index (χ1) is 11.3. The summed E-state index contributed by atoms with van der Waals surface area (Å²) in [4.78, 5) is 21.9. The van der Waals surface area contributed by atoms with Crippen LogP contribution in [-0.4, -0.2) is 30.2 Å². The number of rotatable bonds is 3. The lowest BCUT2D eigenvalue weighted by Gasteiger charge is -2.07. The standard InChI is InChI=1S/C14H11N5O5/c1-7-3-8(2)5-9(4-7)12-10(18(21)22)6-11-13(14(12)19(23)24)15-16-17(11)20/h3-6,20H,1-2H3. The van der Waals surface area contributed by atoms with Crippen molar-refractivity contribution in [1.82, 2.24) is 15.2 Å². The molecule has 24 heavy (non-hydrogen) atoms. The first-order valence-electron chi connectivity index (χ1n) is 6.78. The number of fused-ring (bicyclic) bond motifs is 1. The van der Waals surface area contributed by atoms with Gasteiger partial charge in [0.15, 0.2) is 5.52 Å². The Morgan fingerprint density at radius 1 is 1.04 bits per heavy atom. The maximum absolute atomic E-state index is 11.6. The van der Waals surface area contributed by atoms with Crippen LogP contribution < -0.4 is 0 Å². The zero-order valence-electron chi connectivity index (χ0n) is 12.6. The van der Waals surface area contributed by atoms with Crippen molar-refractivity contribution in [2.45, 2.75) is 13.8 Å². The molecule has 0 fully saturated rings. The van der Waals surface area contributed by atoms with Crippen LogP contribution in [0.3, 0.4) is 0 Å². The van der Waals surface area contributed by atoms with E-state index in [9.17, 15) is 25.4 Å². The molecule has 0 spiro atoms. The van der Waals surface area contributed by atoms with Gasteiger partial charge in [-0.1, -0.05) is 34.2 Å². The van der Waals surface area contributed by atoms with Crippen molar-refractivity contribution in [2.75, 3.05) is 0 Å². The molecule has 10 heteroatoms. The molecule has 0 bridgehead atoms. The number of nitrogens with zero attached hydrogens (tertiary/aromatic N) is 5. The summed E-state index contributed by atoms with van der Waals surface area (Å²) in [5.74, 6) is 0. The van der Waals surface area contributed by atoms with E-state index in [-0.39, 0.29) is 21.4 Å². The Bertz CT molecular complexity index is 990. The molecule has 0 aliphatic heterocycles. The fourth-order valence-corrected chi connectivity index (χ4v) is 2.74. The van der Waals surface area contributed by atoms with Gasteiger partial charge in [-0.25, -0.2) is 0 Å². The van der Waals surface area contributed by atoms with Crippen LogP contribution in [0, 0.1) is 34.1 Å². The summed E-state index contributed by atoms with van der Waals surface area (Å²) in [5.41, 5.74) is 0.286. The normalized spacial score (nSPS) is 10.9. The van der Waals surface area contributed by atoms with Gasteiger partial charge in [0.05, 0.1) is 9.85 Å². The first kappa shape index (κ1) is 15.3. The van der Waals surface area contributed by atoms with Crippen molar-refractivity contribution >= 4 is 22.4 Å². The molecule has 10 nitrogen and oxygen atoms in total. The van der Waals surface area contributed by atoms with E-state index < -0.39 is 21.2 Å². The number of nitro groups is 2. The molecule has 0 saturated heterocycles. The topological polar surface area (TPSA) is 137 Å². The molecule has 1 heterocycles. The molecule has 1 aromatic heterocycles. The predicted octanol–water partition coefficient (Wildman–Crippen LogP) is 2.77. The first-order valence-corrected chi connectivity index (χ1v) is 6.78. The Morgan fingerprint density at radius 2 is 1.67 bits per heavy atom. The lowest BCUT2D eigenvalue weighted by molar-refractivity contribution is -0.391. The van der Waals surface area contributed by atoms with Gasteiger partial charge in [-0.3, -0.25) is 20.2 Å². The second-order valence-electron chi connectivity index (χ2n) is 5.36. The van der Waals surface area contributed by atoms with E-state index in [2.05, 4.69) is 10.3 Å². The summed E-state index contributed by atoms with van der Waals surface area (Å²) in [6.07, 6.45) is 0. The molecule has 0 radical (unpaired) electrons. The maximum atomic E-state index is 11.6. The van der Waals surface area contributed by atoms with Crippen LogP contribution in [0.2, 0.25) is 0 Å². The molecule has 0 amide bonds. The van der Waals surface area contributed by atoms with E-state index in [4.69, 9.17) is 0 Å². The van der Waals surface area contributed by atoms with Gasteiger partial charge in [-0.2, -0.15) is 0 Å². The highest BCUT2D eigenvalue weighted by Gasteiger charge is 2.33. The maximum Gasteiger partial charge on any atom is 0.313 e. The molecule has 0 saturated carbocycles. The third-order valence-electron chi connectivity index (χ3n) is 3.57. The molecule has 0 atom stereocenters. The van der Waals surface area contributed by atoms with Crippen LogP contribution in [0.15, 0.2) is 24.3 Å². The summed E-state index contributed by atoms with van der Waals surface area (Å²) < 4.78 is 0. The highest BCUT2D eigenvalue weighted by Crippen LogP contribution is 2.42. The summed E-state index contributed by atoms with van der Waals surface area (Å²) in [6, 6.07) is 6.12. The molecule has 3 aromatic rings. The van der Waals surface area contributed by atoms with Crippen molar-refractivity contribution < 1.29 is 15.1 Å². The van der Waals surface area contributed by atoms with Crippen molar-refractivity contribution in [2.24, 2.45) is 0 Å². The minimum absolute atomic E-state index is 0.162. The predicted molar refractivity (Wildman–Crippen MR) is 82.9 cm³/mol. The Kier molecular flexibility index (Phi) is 3.36. The molecular formula is C14H11N5O5. The fourth-order valence-electron chi connectivity index (χ4n) is 2.74. The van der Waals surface area contributed by atoms with Crippen LogP contribution in [0.25, 0.3) is 22.2 Å².